The number of nitrogens with zero attached hydrogens (tertiary/aromatic N) is 3. The predicted molar refractivity (Wildman–Crippen MR) is 62.6 cm³/mol. The minimum absolute atomic E-state index is 0.304. The summed E-state index contributed by atoms with van der Waals surface area (Å²) in [4.78, 5) is 6.54. The fourth-order valence-electron chi connectivity index (χ4n) is 1.55. The largest absolute Gasteiger partial charge is 0.338 e. The quantitative estimate of drug-likeness (QED) is 0.794. The molecule has 0 saturated heterocycles. The van der Waals surface area contributed by atoms with Gasteiger partial charge in [-0.2, -0.15) is 4.98 Å². The van der Waals surface area contributed by atoms with Crippen molar-refractivity contribution in [3.63, 3.8) is 0 Å². The third-order valence-corrected chi connectivity index (χ3v) is 2.36. The van der Waals surface area contributed by atoms with Crippen molar-refractivity contribution in [1.82, 2.24) is 15.0 Å². The van der Waals surface area contributed by atoms with Gasteiger partial charge in [0.15, 0.2) is 5.82 Å². The van der Waals surface area contributed by atoms with Crippen molar-refractivity contribution < 1.29 is 4.52 Å². The molecule has 1 aromatic rings. The SMILES string of the molecule is CC(C)CN(Cc1noc(CN)n1)C(C)C. The first-order valence-electron chi connectivity index (χ1n) is 5.78. The molecule has 1 heterocycles. The van der Waals surface area contributed by atoms with Crippen LogP contribution in [0.4, 0.5) is 0 Å². The highest BCUT2D eigenvalue weighted by atomic mass is 16.5. The molecule has 1 rings (SSSR count). The van der Waals surface area contributed by atoms with Crippen LogP contribution in [0.1, 0.15) is 39.4 Å². The Hall–Kier alpha value is -0.940. The molecule has 0 aliphatic carbocycles. The third kappa shape index (κ3) is 3.90. The molecule has 0 radical (unpaired) electrons. The van der Waals surface area contributed by atoms with Crippen LogP contribution in [0.5, 0.6) is 0 Å². The minimum atomic E-state index is 0.304. The van der Waals surface area contributed by atoms with E-state index in [1.807, 2.05) is 0 Å². The number of hydrogen-bond donors (Lipinski definition) is 1. The summed E-state index contributed by atoms with van der Waals surface area (Å²) in [6, 6.07) is 0.474. The molecular formula is C11H22N4O. The molecule has 92 valence electrons. The van der Waals surface area contributed by atoms with Gasteiger partial charge in [0.2, 0.25) is 5.89 Å². The number of hydrogen-bond acceptors (Lipinski definition) is 5. The van der Waals surface area contributed by atoms with E-state index in [1.54, 1.807) is 0 Å². The zero-order valence-electron chi connectivity index (χ0n) is 10.6. The Bertz CT molecular complexity index is 309. The van der Waals surface area contributed by atoms with Gasteiger partial charge in [0.1, 0.15) is 0 Å². The monoisotopic (exact) mass is 226 g/mol. The second-order valence-corrected chi connectivity index (χ2v) is 4.73. The first kappa shape index (κ1) is 13.1. The summed E-state index contributed by atoms with van der Waals surface area (Å²) in [5, 5.41) is 3.91. The van der Waals surface area contributed by atoms with E-state index in [-0.39, 0.29) is 0 Å². The van der Waals surface area contributed by atoms with E-state index in [1.165, 1.54) is 0 Å². The van der Waals surface area contributed by atoms with Gasteiger partial charge < -0.3 is 10.3 Å². The minimum Gasteiger partial charge on any atom is -0.338 e. The van der Waals surface area contributed by atoms with Crippen LogP contribution in [0.3, 0.4) is 0 Å². The fourth-order valence-corrected chi connectivity index (χ4v) is 1.55. The highest BCUT2D eigenvalue weighted by Gasteiger charge is 2.15. The first-order chi connectivity index (χ1) is 7.52. The van der Waals surface area contributed by atoms with Gasteiger partial charge in [-0.3, -0.25) is 4.90 Å². The van der Waals surface area contributed by atoms with Crippen LogP contribution in [0.25, 0.3) is 0 Å². The Morgan fingerprint density at radius 1 is 1.31 bits per heavy atom. The Morgan fingerprint density at radius 2 is 2.00 bits per heavy atom. The number of aromatic nitrogens is 2. The molecule has 0 spiro atoms. The van der Waals surface area contributed by atoms with Crippen LogP contribution < -0.4 is 5.73 Å². The average molecular weight is 226 g/mol. The van der Waals surface area contributed by atoms with Gasteiger partial charge >= 0.3 is 0 Å². The Kier molecular flexibility index (Phi) is 4.89. The fraction of sp³-hybridized carbons (Fsp3) is 0.818. The van der Waals surface area contributed by atoms with Gasteiger partial charge in [-0.15, -0.1) is 0 Å². The highest BCUT2D eigenvalue weighted by Crippen LogP contribution is 2.08. The average Bonchev–Trinajstić information content (AvgIpc) is 2.63. The summed E-state index contributed by atoms with van der Waals surface area (Å²) in [6.45, 7) is 10.8. The molecule has 0 aliphatic rings. The standard InChI is InChI=1S/C11H22N4O/c1-8(2)6-15(9(3)4)7-10-13-11(5-12)16-14-10/h8-9H,5-7,12H2,1-4H3. The summed E-state index contributed by atoms with van der Waals surface area (Å²) in [5.41, 5.74) is 5.42. The van der Waals surface area contributed by atoms with Crippen molar-refractivity contribution in [2.24, 2.45) is 11.7 Å². The molecule has 0 aliphatic heterocycles. The topological polar surface area (TPSA) is 68.2 Å². The van der Waals surface area contributed by atoms with E-state index in [2.05, 4.69) is 42.7 Å². The van der Waals surface area contributed by atoms with Gasteiger partial charge in [-0.25, -0.2) is 0 Å². The third-order valence-electron chi connectivity index (χ3n) is 2.36. The van der Waals surface area contributed by atoms with E-state index in [4.69, 9.17) is 10.3 Å². The van der Waals surface area contributed by atoms with Gasteiger partial charge in [0.05, 0.1) is 13.1 Å². The highest BCUT2D eigenvalue weighted by molar-refractivity contribution is 4.86. The molecule has 0 unspecified atom stereocenters. The predicted octanol–water partition coefficient (Wildman–Crippen LogP) is 1.39. The summed E-state index contributed by atoms with van der Waals surface area (Å²) in [6.07, 6.45) is 0. The van der Waals surface area contributed by atoms with Crippen molar-refractivity contribution in [3.8, 4) is 0 Å². The molecular weight excluding hydrogens is 204 g/mol. The normalized spacial score (nSPS) is 12.0. The van der Waals surface area contributed by atoms with Crippen LogP contribution in [-0.4, -0.2) is 27.6 Å². The molecule has 0 bridgehead atoms. The summed E-state index contributed by atoms with van der Waals surface area (Å²) in [7, 11) is 0. The maximum absolute atomic E-state index is 5.42. The maximum atomic E-state index is 5.42. The second-order valence-electron chi connectivity index (χ2n) is 4.73. The Morgan fingerprint density at radius 3 is 2.44 bits per heavy atom. The molecule has 16 heavy (non-hydrogen) atoms. The molecule has 0 aromatic carbocycles. The lowest BCUT2D eigenvalue weighted by Gasteiger charge is -2.26. The van der Waals surface area contributed by atoms with Gasteiger partial charge in [-0.05, 0) is 19.8 Å². The lowest BCUT2D eigenvalue weighted by Crippen LogP contribution is -2.34. The van der Waals surface area contributed by atoms with E-state index >= 15 is 0 Å². The van der Waals surface area contributed by atoms with Crippen molar-refractivity contribution >= 4 is 0 Å². The van der Waals surface area contributed by atoms with E-state index in [0.717, 1.165) is 18.9 Å². The summed E-state index contributed by atoms with van der Waals surface area (Å²) in [5.74, 6) is 1.85. The van der Waals surface area contributed by atoms with Gasteiger partial charge in [0, 0.05) is 12.6 Å². The lowest BCUT2D eigenvalue weighted by atomic mass is 10.2. The molecule has 0 fully saturated rings. The zero-order chi connectivity index (χ0) is 12.1. The number of rotatable bonds is 6. The van der Waals surface area contributed by atoms with Crippen molar-refractivity contribution in [2.45, 2.75) is 46.8 Å². The van der Waals surface area contributed by atoms with Crippen LogP contribution in [0.2, 0.25) is 0 Å². The van der Waals surface area contributed by atoms with Crippen LogP contribution in [0, 0.1) is 5.92 Å². The smallest absolute Gasteiger partial charge is 0.240 e. The molecule has 1 aromatic heterocycles. The number of nitrogens with two attached hydrogens (primary N) is 1. The van der Waals surface area contributed by atoms with E-state index in [0.29, 0.717) is 24.4 Å². The Labute approximate surface area is 97.0 Å². The Balaban J connectivity index is 2.60. The lowest BCUT2D eigenvalue weighted by molar-refractivity contribution is 0.182. The zero-order valence-corrected chi connectivity index (χ0v) is 10.6. The molecule has 5 nitrogen and oxygen atoms in total. The maximum Gasteiger partial charge on any atom is 0.240 e. The second kappa shape index (κ2) is 5.96. The van der Waals surface area contributed by atoms with Crippen molar-refractivity contribution in [1.29, 1.82) is 0 Å². The van der Waals surface area contributed by atoms with Crippen LogP contribution in [-0.2, 0) is 13.1 Å². The molecule has 2 N–H and O–H groups in total. The van der Waals surface area contributed by atoms with E-state index in [9.17, 15) is 0 Å². The molecule has 0 saturated carbocycles. The van der Waals surface area contributed by atoms with Gasteiger partial charge in [0.25, 0.3) is 0 Å². The molecule has 0 amide bonds. The van der Waals surface area contributed by atoms with Crippen LogP contribution >= 0.6 is 0 Å². The van der Waals surface area contributed by atoms with E-state index < -0.39 is 0 Å². The summed E-state index contributed by atoms with van der Waals surface area (Å²) >= 11 is 0. The van der Waals surface area contributed by atoms with Crippen LogP contribution in [0.15, 0.2) is 4.52 Å². The molecule has 0 atom stereocenters. The molecule has 5 heteroatoms. The van der Waals surface area contributed by atoms with Crippen molar-refractivity contribution in [2.75, 3.05) is 6.54 Å². The van der Waals surface area contributed by atoms with Gasteiger partial charge in [-0.1, -0.05) is 19.0 Å². The first-order valence-corrected chi connectivity index (χ1v) is 5.78. The van der Waals surface area contributed by atoms with Crippen molar-refractivity contribution in [3.05, 3.63) is 11.7 Å². The summed E-state index contributed by atoms with van der Waals surface area (Å²) < 4.78 is 4.99.